The van der Waals surface area contributed by atoms with Crippen LogP contribution in [0.2, 0.25) is 0 Å². The van der Waals surface area contributed by atoms with Gasteiger partial charge < -0.3 is 19.7 Å². The molecule has 0 aliphatic carbocycles. The van der Waals surface area contributed by atoms with Crippen LogP contribution in [0.1, 0.15) is 29.7 Å². The van der Waals surface area contributed by atoms with Gasteiger partial charge in [0.15, 0.2) is 5.82 Å². The van der Waals surface area contributed by atoms with Crippen LogP contribution in [0.4, 0.5) is 0 Å². The summed E-state index contributed by atoms with van der Waals surface area (Å²) in [5.74, 6) is 1.99. The second-order valence-electron chi connectivity index (χ2n) is 4.93. The van der Waals surface area contributed by atoms with E-state index >= 15 is 0 Å². The maximum Gasteiger partial charge on any atom is 0.243 e. The third-order valence-corrected chi connectivity index (χ3v) is 3.39. The van der Waals surface area contributed by atoms with Crippen molar-refractivity contribution in [3.63, 3.8) is 0 Å². The van der Waals surface area contributed by atoms with Gasteiger partial charge in [0.05, 0.1) is 19.3 Å². The Kier molecular flexibility index (Phi) is 3.66. The Bertz CT molecular complexity index is 585. The second-order valence-corrected chi connectivity index (χ2v) is 4.93. The Morgan fingerprint density at radius 1 is 1.50 bits per heavy atom. The van der Waals surface area contributed by atoms with Crippen LogP contribution in [0.5, 0.6) is 5.75 Å². The summed E-state index contributed by atoms with van der Waals surface area (Å²) >= 11 is 0. The van der Waals surface area contributed by atoms with Crippen molar-refractivity contribution in [3.8, 4) is 5.75 Å². The number of methoxy groups -OCH3 is 1. The van der Waals surface area contributed by atoms with Crippen molar-refractivity contribution in [3.05, 3.63) is 41.5 Å². The normalized spacial score (nSPS) is 22.1. The molecule has 2 N–H and O–H groups in total. The van der Waals surface area contributed by atoms with Crippen LogP contribution in [0, 0.1) is 0 Å². The standard InChI is InChI=1S/C14H17N3O3/c1-19-11-4-2-3-9(5-11)6-13-16-14(20-17-13)12-7-10(18)8-15-12/h2-5,10,12,15,18H,6-8H2,1H3/t10-,12+/m0/s1. The van der Waals surface area contributed by atoms with Crippen LogP contribution >= 0.6 is 0 Å². The van der Waals surface area contributed by atoms with Crippen molar-refractivity contribution in [1.82, 2.24) is 15.5 Å². The van der Waals surface area contributed by atoms with Crippen molar-refractivity contribution < 1.29 is 14.4 Å². The zero-order chi connectivity index (χ0) is 13.9. The van der Waals surface area contributed by atoms with E-state index in [1.165, 1.54) is 0 Å². The topological polar surface area (TPSA) is 80.4 Å². The van der Waals surface area contributed by atoms with Crippen LogP contribution < -0.4 is 10.1 Å². The summed E-state index contributed by atoms with van der Waals surface area (Å²) in [7, 11) is 1.64. The van der Waals surface area contributed by atoms with E-state index < -0.39 is 0 Å². The average Bonchev–Trinajstić information content (AvgIpc) is 3.08. The van der Waals surface area contributed by atoms with E-state index in [0.717, 1.165) is 11.3 Å². The van der Waals surface area contributed by atoms with E-state index in [0.29, 0.717) is 31.1 Å². The number of nitrogens with zero attached hydrogens (tertiary/aromatic N) is 2. The maximum absolute atomic E-state index is 9.49. The predicted octanol–water partition coefficient (Wildman–Crippen LogP) is 1.06. The van der Waals surface area contributed by atoms with E-state index in [4.69, 9.17) is 9.26 Å². The van der Waals surface area contributed by atoms with Gasteiger partial charge in [0.25, 0.3) is 0 Å². The number of hydrogen-bond donors (Lipinski definition) is 2. The number of β-amino-alcohol motifs (C(OH)–C–C–N with tert-alkyl or cyclic N) is 1. The van der Waals surface area contributed by atoms with Gasteiger partial charge in [0, 0.05) is 13.0 Å². The molecule has 106 valence electrons. The van der Waals surface area contributed by atoms with Crippen molar-refractivity contribution in [1.29, 1.82) is 0 Å². The molecule has 2 aromatic rings. The highest BCUT2D eigenvalue weighted by atomic mass is 16.5. The zero-order valence-corrected chi connectivity index (χ0v) is 11.2. The second kappa shape index (κ2) is 5.60. The number of hydrogen-bond acceptors (Lipinski definition) is 6. The first-order valence-corrected chi connectivity index (χ1v) is 6.61. The zero-order valence-electron chi connectivity index (χ0n) is 11.2. The minimum atomic E-state index is -0.339. The summed E-state index contributed by atoms with van der Waals surface area (Å²) in [5.41, 5.74) is 1.07. The van der Waals surface area contributed by atoms with Gasteiger partial charge in [-0.05, 0) is 24.1 Å². The molecule has 0 saturated carbocycles. The van der Waals surface area contributed by atoms with Crippen molar-refractivity contribution in [2.24, 2.45) is 0 Å². The summed E-state index contributed by atoms with van der Waals surface area (Å²) in [6.45, 7) is 0.568. The van der Waals surface area contributed by atoms with Crippen LogP contribution in [0.15, 0.2) is 28.8 Å². The molecule has 0 radical (unpaired) electrons. The smallest absolute Gasteiger partial charge is 0.243 e. The molecule has 20 heavy (non-hydrogen) atoms. The van der Waals surface area contributed by atoms with Crippen LogP contribution in [-0.4, -0.2) is 35.0 Å². The first kappa shape index (κ1) is 13.1. The first-order valence-electron chi connectivity index (χ1n) is 6.61. The molecule has 1 fully saturated rings. The minimum absolute atomic E-state index is 0.0449. The largest absolute Gasteiger partial charge is 0.497 e. The van der Waals surface area contributed by atoms with E-state index in [9.17, 15) is 5.11 Å². The van der Waals surface area contributed by atoms with Gasteiger partial charge in [0.2, 0.25) is 5.89 Å². The van der Waals surface area contributed by atoms with Crippen molar-refractivity contribution in [2.45, 2.75) is 25.0 Å². The Morgan fingerprint density at radius 2 is 2.40 bits per heavy atom. The lowest BCUT2D eigenvalue weighted by Gasteiger charge is -2.02. The van der Waals surface area contributed by atoms with Crippen LogP contribution in [0.3, 0.4) is 0 Å². The summed E-state index contributed by atoms with van der Waals surface area (Å²) < 4.78 is 10.4. The molecular formula is C14H17N3O3. The summed E-state index contributed by atoms with van der Waals surface area (Å²) in [6.07, 6.45) is 0.866. The number of rotatable bonds is 4. The van der Waals surface area contributed by atoms with Crippen LogP contribution in [0.25, 0.3) is 0 Å². The molecule has 0 amide bonds. The van der Waals surface area contributed by atoms with Gasteiger partial charge in [-0.2, -0.15) is 4.98 Å². The molecule has 0 bridgehead atoms. The van der Waals surface area contributed by atoms with E-state index in [-0.39, 0.29) is 12.1 Å². The lowest BCUT2D eigenvalue weighted by atomic mass is 10.1. The highest BCUT2D eigenvalue weighted by Crippen LogP contribution is 2.22. The molecule has 3 rings (SSSR count). The molecular weight excluding hydrogens is 258 g/mol. The lowest BCUT2D eigenvalue weighted by Crippen LogP contribution is -2.15. The lowest BCUT2D eigenvalue weighted by molar-refractivity contribution is 0.191. The fourth-order valence-electron chi connectivity index (χ4n) is 2.35. The number of aliphatic hydroxyl groups is 1. The summed E-state index contributed by atoms with van der Waals surface area (Å²) in [6, 6.07) is 7.74. The monoisotopic (exact) mass is 275 g/mol. The molecule has 1 aromatic carbocycles. The first-order chi connectivity index (χ1) is 9.74. The SMILES string of the molecule is COc1cccc(Cc2noc([C@H]3C[C@H](O)CN3)n2)c1. The number of aliphatic hydroxyl groups excluding tert-OH is 1. The Labute approximate surface area is 116 Å². The van der Waals surface area contributed by atoms with Gasteiger partial charge in [-0.25, -0.2) is 0 Å². The fraction of sp³-hybridized carbons (Fsp3) is 0.429. The van der Waals surface area contributed by atoms with Gasteiger partial charge >= 0.3 is 0 Å². The van der Waals surface area contributed by atoms with E-state index in [2.05, 4.69) is 15.5 Å². The van der Waals surface area contributed by atoms with Crippen LogP contribution in [-0.2, 0) is 6.42 Å². The molecule has 1 saturated heterocycles. The molecule has 2 heterocycles. The highest BCUT2D eigenvalue weighted by molar-refractivity contribution is 5.30. The number of nitrogens with one attached hydrogen (secondary N) is 1. The third-order valence-electron chi connectivity index (χ3n) is 3.39. The molecule has 6 heteroatoms. The van der Waals surface area contributed by atoms with Crippen molar-refractivity contribution >= 4 is 0 Å². The van der Waals surface area contributed by atoms with Gasteiger partial charge in [0.1, 0.15) is 5.75 Å². The minimum Gasteiger partial charge on any atom is -0.497 e. The average molecular weight is 275 g/mol. The fourth-order valence-corrected chi connectivity index (χ4v) is 2.35. The van der Waals surface area contributed by atoms with Gasteiger partial charge in [-0.3, -0.25) is 0 Å². The maximum atomic E-state index is 9.49. The predicted molar refractivity (Wildman–Crippen MR) is 71.5 cm³/mol. The van der Waals surface area contributed by atoms with Gasteiger partial charge in [-0.15, -0.1) is 0 Å². The highest BCUT2D eigenvalue weighted by Gasteiger charge is 2.28. The number of benzene rings is 1. The van der Waals surface area contributed by atoms with E-state index in [1.807, 2.05) is 24.3 Å². The molecule has 0 unspecified atom stereocenters. The number of aromatic nitrogens is 2. The molecule has 1 aliphatic rings. The summed E-state index contributed by atoms with van der Waals surface area (Å²) in [5, 5.41) is 16.6. The van der Waals surface area contributed by atoms with E-state index in [1.54, 1.807) is 7.11 Å². The Morgan fingerprint density at radius 3 is 3.15 bits per heavy atom. The molecule has 0 spiro atoms. The molecule has 1 aliphatic heterocycles. The number of ether oxygens (including phenoxy) is 1. The Balaban J connectivity index is 1.70. The molecule has 2 atom stereocenters. The Hall–Kier alpha value is -1.92. The molecule has 6 nitrogen and oxygen atoms in total. The third kappa shape index (κ3) is 2.81. The van der Waals surface area contributed by atoms with Gasteiger partial charge in [-0.1, -0.05) is 17.3 Å². The quantitative estimate of drug-likeness (QED) is 0.868. The summed E-state index contributed by atoms with van der Waals surface area (Å²) in [4.78, 5) is 4.39. The molecule has 1 aromatic heterocycles. The van der Waals surface area contributed by atoms with Crippen molar-refractivity contribution in [2.75, 3.05) is 13.7 Å².